The van der Waals surface area contributed by atoms with Crippen LogP contribution in [0.2, 0.25) is 0 Å². The highest BCUT2D eigenvalue weighted by Crippen LogP contribution is 2.17. The number of ether oxygens (including phenoxy) is 1. The first kappa shape index (κ1) is 11.9. The molecule has 1 amide bonds. The Morgan fingerprint density at radius 2 is 2.06 bits per heavy atom. The lowest BCUT2D eigenvalue weighted by Gasteiger charge is -2.32. The molecule has 1 unspecified atom stereocenters. The van der Waals surface area contributed by atoms with E-state index >= 15 is 0 Å². The number of carbonyl (C=O) groups is 1. The van der Waals surface area contributed by atoms with E-state index in [0.29, 0.717) is 18.4 Å². The average Bonchev–Trinajstić information content (AvgIpc) is 2.80. The molecule has 0 aromatic rings. The fourth-order valence-corrected chi connectivity index (χ4v) is 2.58. The van der Waals surface area contributed by atoms with Crippen molar-refractivity contribution in [1.29, 1.82) is 0 Å². The van der Waals surface area contributed by atoms with Gasteiger partial charge in [-0.1, -0.05) is 6.92 Å². The number of likely N-dealkylation sites (tertiary alicyclic amines) is 1. The number of nitrogens with zero attached hydrogens (tertiary/aromatic N) is 2. The lowest BCUT2D eigenvalue weighted by molar-refractivity contribution is -0.130. The molecule has 0 aromatic carbocycles. The zero-order valence-electron chi connectivity index (χ0n) is 10.2. The predicted octanol–water partition coefficient (Wildman–Crippen LogP) is 0.720. The van der Waals surface area contributed by atoms with E-state index in [1.165, 1.54) is 0 Å². The van der Waals surface area contributed by atoms with E-state index in [0.717, 1.165) is 52.2 Å². The third-order valence-electron chi connectivity index (χ3n) is 3.54. The van der Waals surface area contributed by atoms with Crippen molar-refractivity contribution in [3.63, 3.8) is 0 Å². The molecule has 2 aliphatic heterocycles. The third kappa shape index (κ3) is 2.74. The van der Waals surface area contributed by atoms with Crippen LogP contribution in [0.5, 0.6) is 0 Å². The van der Waals surface area contributed by atoms with Gasteiger partial charge in [-0.05, 0) is 12.8 Å². The number of carbonyl (C=O) groups excluding carboxylic acids is 1. The summed E-state index contributed by atoms with van der Waals surface area (Å²) in [4.78, 5) is 16.3. The maximum atomic E-state index is 11.8. The monoisotopic (exact) mass is 226 g/mol. The Morgan fingerprint density at radius 1 is 1.31 bits per heavy atom. The van der Waals surface area contributed by atoms with Gasteiger partial charge in [0.15, 0.2) is 0 Å². The summed E-state index contributed by atoms with van der Waals surface area (Å²) in [5.41, 5.74) is 0. The number of hydrogen-bond donors (Lipinski definition) is 0. The first-order chi connectivity index (χ1) is 7.81. The zero-order chi connectivity index (χ0) is 11.4. The van der Waals surface area contributed by atoms with Crippen LogP contribution in [0.15, 0.2) is 0 Å². The Labute approximate surface area is 97.5 Å². The summed E-state index contributed by atoms with van der Waals surface area (Å²) in [5, 5.41) is 0. The highest BCUT2D eigenvalue weighted by Gasteiger charge is 2.30. The summed E-state index contributed by atoms with van der Waals surface area (Å²) in [6, 6.07) is 0.574. The average molecular weight is 226 g/mol. The molecule has 4 heteroatoms. The van der Waals surface area contributed by atoms with Gasteiger partial charge in [-0.3, -0.25) is 9.69 Å². The fourth-order valence-electron chi connectivity index (χ4n) is 2.58. The van der Waals surface area contributed by atoms with E-state index in [-0.39, 0.29) is 0 Å². The molecule has 0 bridgehead atoms. The van der Waals surface area contributed by atoms with Crippen molar-refractivity contribution in [1.82, 2.24) is 9.80 Å². The van der Waals surface area contributed by atoms with Gasteiger partial charge in [0.25, 0.3) is 0 Å². The van der Waals surface area contributed by atoms with Gasteiger partial charge in [0.05, 0.1) is 13.2 Å². The molecule has 4 nitrogen and oxygen atoms in total. The molecule has 0 aromatic heterocycles. The number of amides is 1. The van der Waals surface area contributed by atoms with Crippen molar-refractivity contribution in [2.45, 2.75) is 32.2 Å². The van der Waals surface area contributed by atoms with Gasteiger partial charge in [0.1, 0.15) is 0 Å². The summed E-state index contributed by atoms with van der Waals surface area (Å²) in [6.07, 6.45) is 2.79. The van der Waals surface area contributed by atoms with Gasteiger partial charge in [-0.25, -0.2) is 0 Å². The van der Waals surface area contributed by atoms with Crippen molar-refractivity contribution in [2.75, 3.05) is 39.4 Å². The second-order valence-electron chi connectivity index (χ2n) is 4.68. The lowest BCUT2D eigenvalue weighted by Crippen LogP contribution is -2.45. The molecule has 0 spiro atoms. The lowest BCUT2D eigenvalue weighted by atomic mass is 10.2. The van der Waals surface area contributed by atoms with Crippen molar-refractivity contribution in [2.24, 2.45) is 0 Å². The van der Waals surface area contributed by atoms with Crippen LogP contribution in [-0.4, -0.2) is 61.1 Å². The van der Waals surface area contributed by atoms with Crippen LogP contribution in [0, 0.1) is 0 Å². The fraction of sp³-hybridized carbons (Fsp3) is 0.917. The molecule has 0 radical (unpaired) electrons. The van der Waals surface area contributed by atoms with Crippen molar-refractivity contribution >= 4 is 5.91 Å². The Bertz CT molecular complexity index is 239. The molecule has 2 fully saturated rings. The molecule has 0 saturated carbocycles. The van der Waals surface area contributed by atoms with Crippen molar-refractivity contribution in [3.05, 3.63) is 0 Å². The molecule has 92 valence electrons. The Kier molecular flexibility index (Phi) is 4.18. The van der Waals surface area contributed by atoms with Crippen LogP contribution < -0.4 is 0 Å². The van der Waals surface area contributed by atoms with Gasteiger partial charge in [0, 0.05) is 38.6 Å². The van der Waals surface area contributed by atoms with Crippen molar-refractivity contribution in [3.8, 4) is 0 Å². The summed E-state index contributed by atoms with van der Waals surface area (Å²) < 4.78 is 5.35. The highest BCUT2D eigenvalue weighted by molar-refractivity contribution is 5.76. The Hall–Kier alpha value is -0.610. The van der Waals surface area contributed by atoms with Gasteiger partial charge in [-0.2, -0.15) is 0 Å². The molecule has 1 atom stereocenters. The number of morpholine rings is 1. The molecular weight excluding hydrogens is 204 g/mol. The maximum absolute atomic E-state index is 11.8. The minimum Gasteiger partial charge on any atom is -0.379 e. The molecule has 2 saturated heterocycles. The normalized spacial score (nSPS) is 27.3. The van der Waals surface area contributed by atoms with E-state index in [9.17, 15) is 4.79 Å². The van der Waals surface area contributed by atoms with Gasteiger partial charge in [0.2, 0.25) is 5.91 Å². The topological polar surface area (TPSA) is 32.8 Å². The van der Waals surface area contributed by atoms with Crippen LogP contribution in [-0.2, 0) is 9.53 Å². The first-order valence-corrected chi connectivity index (χ1v) is 6.41. The standard InChI is InChI=1S/C12H22N2O2/c1-2-3-12(15)14-5-4-11(10-14)13-6-8-16-9-7-13/h11H,2-10H2,1H3. The van der Waals surface area contributed by atoms with E-state index in [4.69, 9.17) is 4.74 Å². The van der Waals surface area contributed by atoms with Crippen LogP contribution >= 0.6 is 0 Å². The molecule has 0 N–H and O–H groups in total. The minimum absolute atomic E-state index is 0.332. The predicted molar refractivity (Wildman–Crippen MR) is 62.3 cm³/mol. The van der Waals surface area contributed by atoms with Crippen LogP contribution in [0.3, 0.4) is 0 Å². The molecule has 2 rings (SSSR count). The van der Waals surface area contributed by atoms with E-state index in [1.54, 1.807) is 0 Å². The second-order valence-corrected chi connectivity index (χ2v) is 4.68. The SMILES string of the molecule is CCCC(=O)N1CCC(N2CCOCC2)C1. The molecule has 2 heterocycles. The Balaban J connectivity index is 1.80. The summed E-state index contributed by atoms with van der Waals surface area (Å²) >= 11 is 0. The second kappa shape index (κ2) is 5.64. The summed E-state index contributed by atoms with van der Waals surface area (Å²) in [5.74, 6) is 0.332. The number of hydrogen-bond acceptors (Lipinski definition) is 3. The van der Waals surface area contributed by atoms with E-state index in [2.05, 4.69) is 11.8 Å². The quantitative estimate of drug-likeness (QED) is 0.711. The largest absolute Gasteiger partial charge is 0.379 e. The first-order valence-electron chi connectivity index (χ1n) is 6.41. The summed E-state index contributed by atoms with van der Waals surface area (Å²) in [7, 11) is 0. The number of rotatable bonds is 3. The highest BCUT2D eigenvalue weighted by atomic mass is 16.5. The van der Waals surface area contributed by atoms with Crippen LogP contribution in [0.4, 0.5) is 0 Å². The smallest absolute Gasteiger partial charge is 0.222 e. The van der Waals surface area contributed by atoms with E-state index in [1.807, 2.05) is 4.90 Å². The summed E-state index contributed by atoms with van der Waals surface area (Å²) in [6.45, 7) is 7.69. The van der Waals surface area contributed by atoms with Gasteiger partial charge >= 0.3 is 0 Å². The van der Waals surface area contributed by atoms with E-state index < -0.39 is 0 Å². The minimum atomic E-state index is 0.332. The molecule has 16 heavy (non-hydrogen) atoms. The van der Waals surface area contributed by atoms with Crippen LogP contribution in [0.1, 0.15) is 26.2 Å². The third-order valence-corrected chi connectivity index (χ3v) is 3.54. The molecule has 2 aliphatic rings. The van der Waals surface area contributed by atoms with Gasteiger partial charge in [-0.15, -0.1) is 0 Å². The zero-order valence-corrected chi connectivity index (χ0v) is 10.2. The molecule has 0 aliphatic carbocycles. The van der Waals surface area contributed by atoms with Crippen LogP contribution in [0.25, 0.3) is 0 Å². The van der Waals surface area contributed by atoms with Crippen molar-refractivity contribution < 1.29 is 9.53 Å². The Morgan fingerprint density at radius 3 is 2.75 bits per heavy atom. The molecular formula is C12H22N2O2. The van der Waals surface area contributed by atoms with Gasteiger partial charge < -0.3 is 9.64 Å². The maximum Gasteiger partial charge on any atom is 0.222 e.